The van der Waals surface area contributed by atoms with Crippen LogP contribution in [-0.4, -0.2) is 32.0 Å². The average Bonchev–Trinajstić information content (AvgIpc) is 2.05. The predicted molar refractivity (Wildman–Crippen MR) is 44.0 cm³/mol. The highest BCUT2D eigenvalue weighted by Gasteiger charge is 2.29. The number of ether oxygens (including phenoxy) is 2. The van der Waals surface area contributed by atoms with Crippen LogP contribution in [0.4, 0.5) is 4.79 Å². The average molecular weight is 173 g/mol. The summed E-state index contributed by atoms with van der Waals surface area (Å²) in [5, 5.41) is 2.80. The lowest BCUT2D eigenvalue weighted by Gasteiger charge is -2.33. The summed E-state index contributed by atoms with van der Waals surface area (Å²) in [4.78, 5) is 10.9. The van der Waals surface area contributed by atoms with Crippen LogP contribution in [0.25, 0.3) is 0 Å². The molecule has 4 nitrogen and oxygen atoms in total. The minimum atomic E-state index is -0.362. The fourth-order valence-corrected chi connectivity index (χ4v) is 1.24. The molecule has 0 aromatic heterocycles. The fourth-order valence-electron chi connectivity index (χ4n) is 1.24. The smallest absolute Gasteiger partial charge is 0.407 e. The van der Waals surface area contributed by atoms with Gasteiger partial charge in [0, 0.05) is 18.8 Å². The Hall–Kier alpha value is -0.770. The van der Waals surface area contributed by atoms with Crippen LogP contribution in [0.3, 0.4) is 0 Å². The molecule has 1 aliphatic heterocycles. The third-order valence-electron chi connectivity index (χ3n) is 2.19. The number of amides is 1. The van der Waals surface area contributed by atoms with E-state index in [0.29, 0.717) is 13.2 Å². The van der Waals surface area contributed by atoms with Crippen molar-refractivity contribution in [1.82, 2.24) is 5.32 Å². The molecule has 1 saturated heterocycles. The number of carbonyl (C=O) groups excluding carboxylic acids is 1. The maximum atomic E-state index is 10.9. The Morgan fingerprint density at radius 3 is 2.58 bits per heavy atom. The lowest BCUT2D eigenvalue weighted by Crippen LogP contribution is -2.49. The van der Waals surface area contributed by atoms with Gasteiger partial charge in [-0.05, 0) is 19.8 Å². The van der Waals surface area contributed by atoms with Gasteiger partial charge in [-0.1, -0.05) is 0 Å². The van der Waals surface area contributed by atoms with Crippen LogP contribution in [0.15, 0.2) is 0 Å². The van der Waals surface area contributed by atoms with E-state index < -0.39 is 0 Å². The van der Waals surface area contributed by atoms with Crippen LogP contribution in [0, 0.1) is 0 Å². The summed E-state index contributed by atoms with van der Waals surface area (Å²) < 4.78 is 9.72. The van der Waals surface area contributed by atoms with Crippen LogP contribution in [-0.2, 0) is 9.47 Å². The second kappa shape index (κ2) is 3.76. The van der Waals surface area contributed by atoms with Gasteiger partial charge in [0.15, 0.2) is 0 Å². The summed E-state index contributed by atoms with van der Waals surface area (Å²) in [6.45, 7) is 3.42. The molecule has 12 heavy (non-hydrogen) atoms. The SMILES string of the molecule is COC(=O)NC1(C)CCOCC1. The Labute approximate surface area is 72.2 Å². The number of carbonyl (C=O) groups is 1. The predicted octanol–water partition coefficient (Wildman–Crippen LogP) is 0.911. The van der Waals surface area contributed by atoms with Gasteiger partial charge in [0.2, 0.25) is 0 Å². The second-order valence-electron chi connectivity index (χ2n) is 3.29. The first-order valence-corrected chi connectivity index (χ1v) is 4.10. The maximum Gasteiger partial charge on any atom is 0.407 e. The van der Waals surface area contributed by atoms with Gasteiger partial charge in [-0.25, -0.2) is 4.79 Å². The van der Waals surface area contributed by atoms with E-state index in [4.69, 9.17) is 4.74 Å². The van der Waals surface area contributed by atoms with E-state index >= 15 is 0 Å². The van der Waals surface area contributed by atoms with E-state index in [9.17, 15) is 4.79 Å². The monoisotopic (exact) mass is 173 g/mol. The van der Waals surface area contributed by atoms with Crippen LogP contribution in [0.5, 0.6) is 0 Å². The zero-order valence-electron chi connectivity index (χ0n) is 7.55. The van der Waals surface area contributed by atoms with Crippen LogP contribution in [0.2, 0.25) is 0 Å². The van der Waals surface area contributed by atoms with Crippen molar-refractivity contribution in [3.63, 3.8) is 0 Å². The van der Waals surface area contributed by atoms with Crippen LogP contribution >= 0.6 is 0 Å². The highest BCUT2D eigenvalue weighted by molar-refractivity contribution is 5.67. The fraction of sp³-hybridized carbons (Fsp3) is 0.875. The Bertz CT molecular complexity index is 164. The maximum absolute atomic E-state index is 10.9. The Morgan fingerprint density at radius 1 is 1.50 bits per heavy atom. The summed E-state index contributed by atoms with van der Waals surface area (Å²) in [5.74, 6) is 0. The van der Waals surface area contributed by atoms with E-state index in [2.05, 4.69) is 10.1 Å². The third-order valence-corrected chi connectivity index (χ3v) is 2.19. The van der Waals surface area contributed by atoms with Crippen molar-refractivity contribution in [2.45, 2.75) is 25.3 Å². The lowest BCUT2D eigenvalue weighted by atomic mass is 9.93. The lowest BCUT2D eigenvalue weighted by molar-refractivity contribution is 0.0441. The van der Waals surface area contributed by atoms with Crippen molar-refractivity contribution in [2.24, 2.45) is 0 Å². The molecular weight excluding hydrogens is 158 g/mol. The first kappa shape index (κ1) is 9.32. The molecular formula is C8H15NO3. The van der Waals surface area contributed by atoms with E-state index in [1.54, 1.807) is 0 Å². The summed E-state index contributed by atoms with van der Waals surface area (Å²) in [6.07, 6.45) is 1.34. The van der Waals surface area contributed by atoms with E-state index in [1.807, 2.05) is 6.92 Å². The molecule has 1 amide bonds. The third kappa shape index (κ3) is 2.37. The van der Waals surface area contributed by atoms with Gasteiger partial charge in [0.25, 0.3) is 0 Å². The topological polar surface area (TPSA) is 47.6 Å². The van der Waals surface area contributed by atoms with Gasteiger partial charge < -0.3 is 14.8 Å². The molecule has 1 N–H and O–H groups in total. The molecule has 4 heteroatoms. The first-order valence-electron chi connectivity index (χ1n) is 4.10. The Morgan fingerprint density at radius 2 is 2.08 bits per heavy atom. The molecule has 0 spiro atoms. The first-order chi connectivity index (χ1) is 5.66. The standard InChI is InChI=1S/C8H15NO3/c1-8(9-7(10)11-2)3-5-12-6-4-8/h3-6H2,1-2H3,(H,9,10). The largest absolute Gasteiger partial charge is 0.453 e. The highest BCUT2D eigenvalue weighted by atomic mass is 16.5. The Kier molecular flexibility index (Phi) is 2.92. The molecule has 70 valence electrons. The van der Waals surface area contributed by atoms with Gasteiger partial charge in [-0.15, -0.1) is 0 Å². The van der Waals surface area contributed by atoms with Crippen LogP contribution in [0.1, 0.15) is 19.8 Å². The van der Waals surface area contributed by atoms with Crippen molar-refractivity contribution >= 4 is 6.09 Å². The molecule has 0 unspecified atom stereocenters. The van der Waals surface area contributed by atoms with Crippen molar-refractivity contribution in [2.75, 3.05) is 20.3 Å². The number of hydrogen-bond donors (Lipinski definition) is 1. The molecule has 0 bridgehead atoms. The Balaban J connectivity index is 2.41. The van der Waals surface area contributed by atoms with Gasteiger partial charge in [0.05, 0.1) is 7.11 Å². The quantitative estimate of drug-likeness (QED) is 0.641. The molecule has 0 aromatic carbocycles. The van der Waals surface area contributed by atoms with Gasteiger partial charge in [-0.3, -0.25) is 0 Å². The van der Waals surface area contributed by atoms with Gasteiger partial charge in [0.1, 0.15) is 0 Å². The van der Waals surface area contributed by atoms with Crippen LogP contribution < -0.4 is 5.32 Å². The van der Waals surface area contributed by atoms with Crippen molar-refractivity contribution < 1.29 is 14.3 Å². The van der Waals surface area contributed by atoms with Crippen molar-refractivity contribution in [1.29, 1.82) is 0 Å². The zero-order valence-corrected chi connectivity index (χ0v) is 7.55. The molecule has 1 heterocycles. The number of hydrogen-bond acceptors (Lipinski definition) is 3. The van der Waals surface area contributed by atoms with E-state index in [1.165, 1.54) is 7.11 Å². The number of alkyl carbamates (subject to hydrolysis) is 1. The summed E-state index contributed by atoms with van der Waals surface area (Å²) >= 11 is 0. The highest BCUT2D eigenvalue weighted by Crippen LogP contribution is 2.19. The normalized spacial score (nSPS) is 21.5. The summed E-state index contributed by atoms with van der Waals surface area (Å²) in [5.41, 5.74) is -0.147. The zero-order chi connectivity index (χ0) is 9.03. The summed E-state index contributed by atoms with van der Waals surface area (Å²) in [7, 11) is 1.37. The van der Waals surface area contributed by atoms with Crippen molar-refractivity contribution in [3.05, 3.63) is 0 Å². The summed E-state index contributed by atoms with van der Waals surface area (Å²) in [6, 6.07) is 0. The van der Waals surface area contributed by atoms with Gasteiger partial charge in [-0.2, -0.15) is 0 Å². The number of rotatable bonds is 1. The van der Waals surface area contributed by atoms with Gasteiger partial charge >= 0.3 is 6.09 Å². The number of methoxy groups -OCH3 is 1. The number of nitrogens with one attached hydrogen (secondary N) is 1. The van der Waals surface area contributed by atoms with E-state index in [-0.39, 0.29) is 11.6 Å². The molecule has 0 aromatic rings. The minimum Gasteiger partial charge on any atom is -0.453 e. The molecule has 1 aliphatic rings. The van der Waals surface area contributed by atoms with Crippen molar-refractivity contribution in [3.8, 4) is 0 Å². The molecule has 1 fully saturated rings. The molecule has 0 atom stereocenters. The molecule has 0 radical (unpaired) electrons. The minimum absolute atomic E-state index is 0.147. The van der Waals surface area contributed by atoms with E-state index in [0.717, 1.165) is 12.8 Å². The second-order valence-corrected chi connectivity index (χ2v) is 3.29. The molecule has 0 aliphatic carbocycles. The molecule has 1 rings (SSSR count). The molecule has 0 saturated carbocycles.